The second-order valence-electron chi connectivity index (χ2n) is 7.00. The van der Waals surface area contributed by atoms with Crippen LogP contribution in [0.25, 0.3) is 10.9 Å². The van der Waals surface area contributed by atoms with E-state index in [-0.39, 0.29) is 5.66 Å². The highest BCUT2D eigenvalue weighted by Crippen LogP contribution is 2.47. The van der Waals surface area contributed by atoms with Crippen LogP contribution in [0, 0.1) is 11.8 Å². The lowest BCUT2D eigenvalue weighted by Crippen LogP contribution is -2.62. The first-order valence-corrected chi connectivity index (χ1v) is 8.31. The van der Waals surface area contributed by atoms with Gasteiger partial charge in [0.05, 0.1) is 5.52 Å². The van der Waals surface area contributed by atoms with Gasteiger partial charge in [-0.25, -0.2) is 0 Å². The minimum Gasteiger partial charge on any atom is -0.344 e. The van der Waals surface area contributed by atoms with Gasteiger partial charge in [0.25, 0.3) is 0 Å². The maximum absolute atomic E-state index is 4.64. The quantitative estimate of drug-likeness (QED) is 0.849. The molecule has 22 heavy (non-hydrogen) atoms. The van der Waals surface area contributed by atoms with Crippen LogP contribution in [-0.4, -0.2) is 16.5 Å². The van der Waals surface area contributed by atoms with E-state index in [0.717, 1.165) is 28.2 Å². The zero-order valence-electron chi connectivity index (χ0n) is 12.5. The van der Waals surface area contributed by atoms with Gasteiger partial charge in [-0.1, -0.05) is 6.07 Å². The standard InChI is InChI=1S/C18H20N4/c1-2-13-10-14(5-8-16(13)19-9-1)17-20-18(22-21-17)11-12-3-6-15(18)7-4-12/h1-2,5,8-10,12,15,22H,3-4,6-7,11H2,(H,20,21)/t12?,15?,18-/m0/s1. The first-order chi connectivity index (χ1) is 10.8. The molecule has 6 rings (SSSR count). The molecule has 1 spiro atoms. The first-order valence-electron chi connectivity index (χ1n) is 8.31. The summed E-state index contributed by atoms with van der Waals surface area (Å²) >= 11 is 0. The van der Waals surface area contributed by atoms with E-state index in [0.29, 0.717) is 5.92 Å². The van der Waals surface area contributed by atoms with Gasteiger partial charge in [-0.15, -0.1) is 0 Å². The molecule has 4 aliphatic rings. The summed E-state index contributed by atoms with van der Waals surface area (Å²) in [6.07, 6.45) is 8.49. The van der Waals surface area contributed by atoms with Crippen molar-refractivity contribution in [3.05, 3.63) is 42.1 Å². The number of fused-ring (bicyclic) bond motifs is 3. The third-order valence-corrected chi connectivity index (χ3v) is 5.74. The number of nitrogens with one attached hydrogen (secondary N) is 2. The summed E-state index contributed by atoms with van der Waals surface area (Å²) in [4.78, 5) is 4.39. The second kappa shape index (κ2) is 4.45. The number of nitrogens with zero attached hydrogens (tertiary/aromatic N) is 2. The van der Waals surface area contributed by atoms with Crippen LogP contribution in [0.1, 0.15) is 37.7 Å². The number of amidine groups is 1. The summed E-state index contributed by atoms with van der Waals surface area (Å²) in [5.74, 6) is 2.56. The Balaban J connectivity index is 1.46. The van der Waals surface area contributed by atoms with Gasteiger partial charge in [-0.05, 0) is 62.3 Å². The maximum Gasteiger partial charge on any atom is 0.155 e. The van der Waals surface area contributed by atoms with Gasteiger partial charge in [0, 0.05) is 23.1 Å². The molecular formula is C18H20N4. The predicted octanol–water partition coefficient (Wildman–Crippen LogP) is 3.00. The third kappa shape index (κ3) is 1.76. The molecule has 112 valence electrons. The molecule has 2 aromatic rings. The number of hydrogen-bond acceptors (Lipinski definition) is 4. The van der Waals surface area contributed by atoms with Gasteiger partial charge >= 0.3 is 0 Å². The van der Waals surface area contributed by atoms with Crippen molar-refractivity contribution in [2.24, 2.45) is 16.9 Å². The zero-order valence-corrected chi connectivity index (χ0v) is 12.5. The minimum absolute atomic E-state index is 0.0143. The molecule has 0 radical (unpaired) electrons. The summed E-state index contributed by atoms with van der Waals surface area (Å²) in [7, 11) is 0. The van der Waals surface area contributed by atoms with E-state index in [4.69, 9.17) is 0 Å². The smallest absolute Gasteiger partial charge is 0.155 e. The molecule has 0 amide bonds. The van der Waals surface area contributed by atoms with Crippen LogP contribution in [0.15, 0.2) is 41.6 Å². The predicted molar refractivity (Wildman–Crippen MR) is 87.3 cm³/mol. The van der Waals surface area contributed by atoms with Crippen LogP contribution < -0.4 is 10.7 Å². The molecule has 0 unspecified atom stereocenters. The zero-order chi connectivity index (χ0) is 14.6. The highest BCUT2D eigenvalue weighted by atomic mass is 15.5. The Bertz CT molecular complexity index is 761. The number of hydrazone groups is 1. The van der Waals surface area contributed by atoms with Crippen LogP contribution in [-0.2, 0) is 0 Å². The largest absolute Gasteiger partial charge is 0.344 e. The fourth-order valence-electron chi connectivity index (χ4n) is 4.55. The Morgan fingerprint density at radius 2 is 2.00 bits per heavy atom. The third-order valence-electron chi connectivity index (χ3n) is 5.74. The molecule has 1 aliphatic heterocycles. The Morgan fingerprint density at radius 3 is 2.82 bits per heavy atom. The Labute approximate surface area is 130 Å². The normalized spacial score (nSPS) is 32.8. The van der Waals surface area contributed by atoms with Crippen molar-refractivity contribution in [1.82, 2.24) is 15.7 Å². The molecule has 3 fully saturated rings. The van der Waals surface area contributed by atoms with E-state index < -0.39 is 0 Å². The average molecular weight is 292 g/mol. The van der Waals surface area contributed by atoms with Gasteiger partial charge in [-0.2, -0.15) is 5.10 Å². The van der Waals surface area contributed by atoms with Crippen molar-refractivity contribution in [3.63, 3.8) is 0 Å². The first kappa shape index (κ1) is 12.4. The molecule has 1 aromatic heterocycles. The summed E-state index contributed by atoms with van der Waals surface area (Å²) in [5.41, 5.74) is 5.65. The fourth-order valence-corrected chi connectivity index (χ4v) is 4.55. The van der Waals surface area contributed by atoms with Gasteiger partial charge in [0.1, 0.15) is 5.66 Å². The molecule has 2 heterocycles. The van der Waals surface area contributed by atoms with Crippen LogP contribution in [0.2, 0.25) is 0 Å². The van der Waals surface area contributed by atoms with Gasteiger partial charge in [0.2, 0.25) is 0 Å². The topological polar surface area (TPSA) is 49.3 Å². The molecule has 2 bridgehead atoms. The molecular weight excluding hydrogens is 272 g/mol. The minimum atomic E-state index is 0.0143. The van der Waals surface area contributed by atoms with E-state index in [1.807, 2.05) is 12.3 Å². The monoisotopic (exact) mass is 292 g/mol. The number of benzene rings is 1. The SMILES string of the molecule is c1cnc2ccc(C3=NN[C@]4(CC5CCC4CC5)N3)cc2c1. The van der Waals surface area contributed by atoms with Crippen LogP contribution >= 0.6 is 0 Å². The van der Waals surface area contributed by atoms with Gasteiger partial charge in [0.15, 0.2) is 5.84 Å². The van der Waals surface area contributed by atoms with Crippen molar-refractivity contribution >= 4 is 16.7 Å². The molecule has 4 heteroatoms. The Kier molecular flexibility index (Phi) is 2.52. The summed E-state index contributed by atoms with van der Waals surface area (Å²) in [6.45, 7) is 0. The molecule has 1 atom stereocenters. The highest BCUT2D eigenvalue weighted by Gasteiger charge is 2.50. The van der Waals surface area contributed by atoms with Gasteiger partial charge < -0.3 is 5.32 Å². The summed E-state index contributed by atoms with van der Waals surface area (Å²) in [6, 6.07) is 10.5. The lowest BCUT2D eigenvalue weighted by molar-refractivity contribution is 0.0394. The van der Waals surface area contributed by atoms with E-state index >= 15 is 0 Å². The number of rotatable bonds is 1. The molecule has 4 nitrogen and oxygen atoms in total. The molecule has 3 saturated carbocycles. The van der Waals surface area contributed by atoms with Crippen molar-refractivity contribution in [2.75, 3.05) is 0 Å². The van der Waals surface area contributed by atoms with E-state index in [9.17, 15) is 0 Å². The number of hydrogen-bond donors (Lipinski definition) is 2. The Morgan fingerprint density at radius 1 is 1.09 bits per heavy atom. The van der Waals surface area contributed by atoms with E-state index in [1.165, 1.54) is 32.1 Å². The van der Waals surface area contributed by atoms with E-state index in [1.54, 1.807) is 0 Å². The molecule has 3 aliphatic carbocycles. The molecule has 2 N–H and O–H groups in total. The fraction of sp³-hybridized carbons (Fsp3) is 0.444. The Hall–Kier alpha value is -2.10. The number of aromatic nitrogens is 1. The lowest BCUT2D eigenvalue weighted by Gasteiger charge is -2.49. The number of pyridine rings is 1. The highest BCUT2D eigenvalue weighted by molar-refractivity contribution is 6.02. The van der Waals surface area contributed by atoms with Crippen LogP contribution in [0.3, 0.4) is 0 Å². The van der Waals surface area contributed by atoms with E-state index in [2.05, 4.69) is 45.1 Å². The van der Waals surface area contributed by atoms with Crippen molar-refractivity contribution in [1.29, 1.82) is 0 Å². The molecule has 1 aromatic carbocycles. The average Bonchev–Trinajstić information content (AvgIpc) is 2.99. The lowest BCUT2D eigenvalue weighted by atomic mass is 9.64. The summed E-state index contributed by atoms with van der Waals surface area (Å²) < 4.78 is 0. The maximum atomic E-state index is 4.64. The van der Waals surface area contributed by atoms with Crippen molar-refractivity contribution in [2.45, 2.75) is 37.8 Å². The van der Waals surface area contributed by atoms with Crippen LogP contribution in [0.5, 0.6) is 0 Å². The van der Waals surface area contributed by atoms with Crippen molar-refractivity contribution in [3.8, 4) is 0 Å². The molecule has 0 saturated heterocycles. The second-order valence-corrected chi connectivity index (χ2v) is 7.00. The summed E-state index contributed by atoms with van der Waals surface area (Å²) in [5, 5.41) is 9.54. The van der Waals surface area contributed by atoms with Crippen LogP contribution in [0.4, 0.5) is 0 Å². The van der Waals surface area contributed by atoms with Gasteiger partial charge in [-0.3, -0.25) is 10.4 Å². The van der Waals surface area contributed by atoms with Crippen molar-refractivity contribution < 1.29 is 0 Å².